The Balaban J connectivity index is 0.00000280. The molecule has 0 spiro atoms. The molecule has 7 nitrogen and oxygen atoms in total. The third-order valence-electron chi connectivity index (χ3n) is 5.09. The predicted octanol–water partition coefficient (Wildman–Crippen LogP) is 1.86. The number of nitrogens with zero attached hydrogens (tertiary/aromatic N) is 3. The molecule has 0 N–H and O–H groups in total. The Kier molecular flexibility index (Phi) is 6.77. The van der Waals surface area contributed by atoms with Crippen molar-refractivity contribution < 1.29 is 18.0 Å². The Morgan fingerprint density at radius 1 is 1.25 bits per heavy atom. The maximum absolute atomic E-state index is 13.0. The van der Waals surface area contributed by atoms with E-state index >= 15 is 0 Å². The molecule has 2 atom stereocenters. The monoisotopic (exact) mass is 427 g/mol. The van der Waals surface area contributed by atoms with E-state index in [1.165, 1.54) is 0 Å². The number of fused-ring (bicyclic) bond motifs is 1. The Labute approximate surface area is 172 Å². The molecular formula is C19H26ClN3O4S. The van der Waals surface area contributed by atoms with Crippen LogP contribution in [-0.4, -0.2) is 61.9 Å². The van der Waals surface area contributed by atoms with Gasteiger partial charge in [-0.25, -0.2) is 12.7 Å². The van der Waals surface area contributed by atoms with Crippen molar-refractivity contribution in [1.29, 1.82) is 0 Å². The van der Waals surface area contributed by atoms with E-state index in [1.54, 1.807) is 11.0 Å². The van der Waals surface area contributed by atoms with Crippen molar-refractivity contribution in [3.8, 4) is 0 Å². The van der Waals surface area contributed by atoms with Gasteiger partial charge in [-0.1, -0.05) is 31.5 Å². The molecule has 0 aromatic heterocycles. The number of anilines is 1. The molecule has 1 saturated heterocycles. The molecule has 2 heterocycles. The standard InChI is InChI=1S/C19H25N3O4S.ClH/c1-4-8-15-18-16(22(19(15)24)27(3,25)26)11-12-21(18)17(23)13-20(2)14-9-6-5-7-10-14;/h5-7,9-11,15,18H,4,8,12-13H2,1-3H3;1H/t15-,18-;/m1./s1. The summed E-state index contributed by atoms with van der Waals surface area (Å²) >= 11 is 0. The highest BCUT2D eigenvalue weighted by molar-refractivity contribution is 7.89. The van der Waals surface area contributed by atoms with E-state index in [4.69, 9.17) is 0 Å². The summed E-state index contributed by atoms with van der Waals surface area (Å²) in [6.45, 7) is 2.43. The minimum Gasteiger partial charge on any atom is -0.365 e. The van der Waals surface area contributed by atoms with E-state index in [0.717, 1.165) is 22.7 Å². The average molecular weight is 428 g/mol. The number of hydrogen-bond acceptors (Lipinski definition) is 5. The van der Waals surface area contributed by atoms with Gasteiger partial charge in [0.05, 0.1) is 30.5 Å². The Hall–Kier alpha value is -2.06. The number of amides is 2. The molecule has 28 heavy (non-hydrogen) atoms. The fraction of sp³-hybridized carbons (Fsp3) is 0.474. The molecule has 1 aromatic rings. The SMILES string of the molecule is CCC[C@H]1C(=O)N(S(C)(=O)=O)C2=CCN(C(=O)CN(C)c3ccccc3)[C@@H]21.Cl. The molecule has 3 rings (SSSR count). The first kappa shape index (κ1) is 22.2. The van der Waals surface area contributed by atoms with Crippen LogP contribution in [0.4, 0.5) is 5.69 Å². The zero-order valence-corrected chi connectivity index (χ0v) is 17.9. The van der Waals surface area contributed by atoms with E-state index in [9.17, 15) is 18.0 Å². The molecule has 0 saturated carbocycles. The highest BCUT2D eigenvalue weighted by atomic mass is 35.5. The lowest BCUT2D eigenvalue weighted by atomic mass is 9.96. The zero-order chi connectivity index (χ0) is 19.8. The molecule has 2 aliphatic heterocycles. The number of carbonyl (C=O) groups is 2. The molecule has 0 unspecified atom stereocenters. The van der Waals surface area contributed by atoms with Gasteiger partial charge in [0.25, 0.3) is 0 Å². The molecular weight excluding hydrogens is 402 g/mol. The van der Waals surface area contributed by atoms with Gasteiger partial charge in [0.1, 0.15) is 0 Å². The van der Waals surface area contributed by atoms with Crippen LogP contribution in [0, 0.1) is 5.92 Å². The van der Waals surface area contributed by atoms with Crippen LogP contribution in [0.15, 0.2) is 42.1 Å². The van der Waals surface area contributed by atoms with Crippen molar-refractivity contribution in [2.24, 2.45) is 5.92 Å². The molecule has 154 valence electrons. The van der Waals surface area contributed by atoms with Crippen LogP contribution in [0.2, 0.25) is 0 Å². The summed E-state index contributed by atoms with van der Waals surface area (Å²) in [6, 6.07) is 9.07. The van der Waals surface area contributed by atoms with Crippen LogP contribution in [0.3, 0.4) is 0 Å². The second kappa shape index (κ2) is 8.53. The third-order valence-corrected chi connectivity index (χ3v) is 6.14. The molecule has 2 amide bonds. The number of likely N-dealkylation sites (N-methyl/N-ethyl adjacent to an activating group) is 1. The minimum absolute atomic E-state index is 0. The summed E-state index contributed by atoms with van der Waals surface area (Å²) in [5.74, 6) is -1.06. The van der Waals surface area contributed by atoms with Crippen molar-refractivity contribution in [3.63, 3.8) is 0 Å². The van der Waals surface area contributed by atoms with E-state index in [2.05, 4.69) is 0 Å². The van der Waals surface area contributed by atoms with Crippen molar-refractivity contribution in [3.05, 3.63) is 42.1 Å². The second-order valence-electron chi connectivity index (χ2n) is 7.07. The van der Waals surface area contributed by atoms with Gasteiger partial charge in [0.15, 0.2) is 0 Å². The third kappa shape index (κ3) is 4.03. The number of hydrogen-bond donors (Lipinski definition) is 0. The molecule has 1 aromatic carbocycles. The van der Waals surface area contributed by atoms with Crippen LogP contribution in [0.25, 0.3) is 0 Å². The fourth-order valence-electron chi connectivity index (χ4n) is 3.90. The summed E-state index contributed by atoms with van der Waals surface area (Å²) in [5, 5.41) is 0. The van der Waals surface area contributed by atoms with Crippen LogP contribution in [0.5, 0.6) is 0 Å². The van der Waals surface area contributed by atoms with Crippen molar-refractivity contribution in [1.82, 2.24) is 9.21 Å². The lowest BCUT2D eigenvalue weighted by Gasteiger charge is -2.29. The molecule has 2 aliphatic rings. The number of rotatable bonds is 6. The van der Waals surface area contributed by atoms with Crippen molar-refractivity contribution in [2.45, 2.75) is 25.8 Å². The summed E-state index contributed by atoms with van der Waals surface area (Å²) in [7, 11) is -1.87. The fourth-order valence-corrected chi connectivity index (χ4v) is 4.92. The lowest BCUT2D eigenvalue weighted by molar-refractivity contribution is -0.132. The topological polar surface area (TPSA) is 78.0 Å². The van der Waals surface area contributed by atoms with Gasteiger partial charge >= 0.3 is 0 Å². The van der Waals surface area contributed by atoms with Gasteiger partial charge in [-0.15, -0.1) is 12.4 Å². The largest absolute Gasteiger partial charge is 0.365 e. The smallest absolute Gasteiger partial charge is 0.246 e. The quantitative estimate of drug-likeness (QED) is 0.692. The molecule has 1 fully saturated rings. The highest BCUT2D eigenvalue weighted by Gasteiger charge is 2.53. The van der Waals surface area contributed by atoms with Crippen LogP contribution >= 0.6 is 12.4 Å². The zero-order valence-electron chi connectivity index (χ0n) is 16.2. The summed E-state index contributed by atoms with van der Waals surface area (Å²) in [6.07, 6.45) is 4.01. The predicted molar refractivity (Wildman–Crippen MR) is 111 cm³/mol. The first-order valence-corrected chi connectivity index (χ1v) is 10.9. The second-order valence-corrected chi connectivity index (χ2v) is 8.90. The molecule has 0 aliphatic carbocycles. The number of carbonyl (C=O) groups excluding carboxylic acids is 2. The number of halogens is 1. The molecule has 0 radical (unpaired) electrons. The first-order valence-electron chi connectivity index (χ1n) is 9.05. The Morgan fingerprint density at radius 2 is 1.89 bits per heavy atom. The number of benzene rings is 1. The van der Waals surface area contributed by atoms with E-state index in [1.807, 2.05) is 49.2 Å². The van der Waals surface area contributed by atoms with Crippen LogP contribution in [-0.2, 0) is 19.6 Å². The van der Waals surface area contributed by atoms with E-state index in [0.29, 0.717) is 18.7 Å². The number of para-hydroxylation sites is 1. The Bertz CT molecular complexity index is 872. The average Bonchev–Trinajstić information content (AvgIpc) is 3.14. The van der Waals surface area contributed by atoms with Gasteiger partial charge in [0, 0.05) is 19.3 Å². The summed E-state index contributed by atoms with van der Waals surface area (Å²) in [4.78, 5) is 29.2. The van der Waals surface area contributed by atoms with Gasteiger partial charge in [-0.3, -0.25) is 9.59 Å². The first-order chi connectivity index (χ1) is 12.8. The summed E-state index contributed by atoms with van der Waals surface area (Å²) in [5.41, 5.74) is 1.35. The van der Waals surface area contributed by atoms with Crippen molar-refractivity contribution in [2.75, 3.05) is 31.3 Å². The maximum atomic E-state index is 13.0. The number of sulfonamides is 1. The highest BCUT2D eigenvalue weighted by Crippen LogP contribution is 2.40. The van der Waals surface area contributed by atoms with Gasteiger partial charge < -0.3 is 9.80 Å². The molecule has 0 bridgehead atoms. The Morgan fingerprint density at radius 3 is 2.46 bits per heavy atom. The maximum Gasteiger partial charge on any atom is 0.246 e. The minimum atomic E-state index is -3.71. The van der Waals surface area contributed by atoms with E-state index in [-0.39, 0.29) is 24.9 Å². The van der Waals surface area contributed by atoms with E-state index < -0.39 is 27.9 Å². The van der Waals surface area contributed by atoms with Gasteiger partial charge in [0.2, 0.25) is 21.8 Å². The lowest BCUT2D eigenvalue weighted by Crippen LogP contribution is -2.45. The van der Waals surface area contributed by atoms with Crippen LogP contribution < -0.4 is 4.90 Å². The summed E-state index contributed by atoms with van der Waals surface area (Å²) < 4.78 is 25.2. The van der Waals surface area contributed by atoms with Crippen molar-refractivity contribution >= 4 is 39.9 Å². The molecule has 9 heteroatoms. The van der Waals surface area contributed by atoms with Gasteiger partial charge in [-0.05, 0) is 24.6 Å². The van der Waals surface area contributed by atoms with Gasteiger partial charge in [-0.2, -0.15) is 0 Å². The normalized spacial score (nSPS) is 21.2. The van der Waals surface area contributed by atoms with Crippen LogP contribution in [0.1, 0.15) is 19.8 Å².